The van der Waals surface area contributed by atoms with Gasteiger partial charge < -0.3 is 10.2 Å². The number of aliphatic hydroxyl groups is 2. The highest BCUT2D eigenvalue weighted by Gasteiger charge is 2.15. The molecule has 0 heterocycles. The molecule has 0 fully saturated rings. The maximum atomic E-state index is 10.2. The van der Waals surface area contributed by atoms with Gasteiger partial charge >= 0.3 is 5.97 Å². The van der Waals surface area contributed by atoms with Crippen LogP contribution in [0, 0.1) is 0 Å². The molecule has 0 aliphatic heterocycles. The van der Waals surface area contributed by atoms with Crippen LogP contribution in [-0.2, 0) is 14.6 Å². The van der Waals surface area contributed by atoms with Crippen LogP contribution in [0.15, 0.2) is 0 Å². The zero-order valence-corrected chi connectivity index (χ0v) is 4.90. The summed E-state index contributed by atoms with van der Waals surface area (Å²) < 4.78 is 0. The minimum absolute atomic E-state index is 0.664. The predicted molar refractivity (Wildman–Crippen MR) is 26.2 cm³/mol. The zero-order valence-electron chi connectivity index (χ0n) is 4.90. The van der Waals surface area contributed by atoms with E-state index < -0.39 is 18.7 Å². The molecule has 54 valence electrons. The topological polar surface area (TPSA) is 76.0 Å². The molecule has 0 aliphatic rings. The van der Waals surface area contributed by atoms with Gasteiger partial charge in [0.15, 0.2) is 6.10 Å². The highest BCUT2D eigenvalue weighted by atomic mass is 17.2. The normalized spacial score (nSPS) is 12.8. The van der Waals surface area contributed by atoms with Crippen LogP contribution in [0.4, 0.5) is 0 Å². The molecular formula is C4H8O5. The second-order valence-corrected chi connectivity index (χ2v) is 1.27. The lowest BCUT2D eigenvalue weighted by molar-refractivity contribution is -0.263. The van der Waals surface area contributed by atoms with Crippen molar-refractivity contribution in [3.05, 3.63) is 0 Å². The number of aliphatic hydroxyl groups excluding tert-OH is 2. The summed E-state index contributed by atoms with van der Waals surface area (Å²) in [6.07, 6.45) is -1.51. The van der Waals surface area contributed by atoms with Gasteiger partial charge in [-0.05, 0) is 0 Å². The second-order valence-electron chi connectivity index (χ2n) is 1.27. The third-order valence-electron chi connectivity index (χ3n) is 0.610. The molecule has 9 heavy (non-hydrogen) atoms. The molecule has 0 saturated heterocycles. The summed E-state index contributed by atoms with van der Waals surface area (Å²) >= 11 is 0. The summed E-state index contributed by atoms with van der Waals surface area (Å²) in [7, 11) is 1.13. The largest absolute Gasteiger partial charge is 0.393 e. The van der Waals surface area contributed by atoms with Crippen molar-refractivity contribution in [1.82, 2.24) is 0 Å². The Morgan fingerprint density at radius 1 is 1.78 bits per heavy atom. The maximum Gasteiger partial charge on any atom is 0.372 e. The molecule has 0 spiro atoms. The summed E-state index contributed by atoms with van der Waals surface area (Å²) in [5.41, 5.74) is 0. The molecule has 0 radical (unpaired) electrons. The average molecular weight is 136 g/mol. The van der Waals surface area contributed by atoms with Gasteiger partial charge in [0.25, 0.3) is 0 Å². The Morgan fingerprint density at radius 3 is 2.67 bits per heavy atom. The Morgan fingerprint density at radius 2 is 2.33 bits per heavy atom. The number of hydrogen-bond donors (Lipinski definition) is 2. The van der Waals surface area contributed by atoms with E-state index in [-0.39, 0.29) is 0 Å². The van der Waals surface area contributed by atoms with Gasteiger partial charge in [-0.25, -0.2) is 4.79 Å². The predicted octanol–water partition coefficient (Wildman–Crippen LogP) is -1.56. The lowest BCUT2D eigenvalue weighted by Crippen LogP contribution is -2.26. The van der Waals surface area contributed by atoms with E-state index in [1.807, 2.05) is 0 Å². The third kappa shape index (κ3) is 3.02. The van der Waals surface area contributed by atoms with Crippen molar-refractivity contribution in [2.75, 3.05) is 13.7 Å². The van der Waals surface area contributed by atoms with E-state index in [0.717, 1.165) is 7.11 Å². The van der Waals surface area contributed by atoms with Crippen LogP contribution >= 0.6 is 0 Å². The first-order valence-corrected chi connectivity index (χ1v) is 2.25. The number of hydrogen-bond acceptors (Lipinski definition) is 5. The Labute approximate surface area is 51.7 Å². The minimum Gasteiger partial charge on any atom is -0.393 e. The molecule has 1 atom stereocenters. The first-order chi connectivity index (χ1) is 4.22. The van der Waals surface area contributed by atoms with Gasteiger partial charge in [0.2, 0.25) is 0 Å². The van der Waals surface area contributed by atoms with Crippen molar-refractivity contribution in [3.8, 4) is 0 Å². The van der Waals surface area contributed by atoms with E-state index in [1.54, 1.807) is 0 Å². The Kier molecular flexibility index (Phi) is 3.94. The van der Waals surface area contributed by atoms with Gasteiger partial charge in [-0.3, -0.25) is 4.89 Å². The Balaban J connectivity index is 3.46. The van der Waals surface area contributed by atoms with Crippen molar-refractivity contribution in [2.45, 2.75) is 6.10 Å². The van der Waals surface area contributed by atoms with Crippen LogP contribution in [0.2, 0.25) is 0 Å². The van der Waals surface area contributed by atoms with Gasteiger partial charge in [0.1, 0.15) is 0 Å². The van der Waals surface area contributed by atoms with E-state index in [4.69, 9.17) is 10.2 Å². The molecule has 0 aromatic carbocycles. The van der Waals surface area contributed by atoms with E-state index in [1.165, 1.54) is 0 Å². The lowest BCUT2D eigenvalue weighted by atomic mass is 10.4. The fraction of sp³-hybridized carbons (Fsp3) is 0.750. The smallest absolute Gasteiger partial charge is 0.372 e. The van der Waals surface area contributed by atoms with Crippen LogP contribution in [0.3, 0.4) is 0 Å². The van der Waals surface area contributed by atoms with Crippen LogP contribution in [0.1, 0.15) is 0 Å². The maximum absolute atomic E-state index is 10.2. The molecule has 5 heteroatoms. The highest BCUT2D eigenvalue weighted by Crippen LogP contribution is 1.85. The number of carbonyl (C=O) groups excluding carboxylic acids is 1. The van der Waals surface area contributed by atoms with Crippen LogP contribution < -0.4 is 0 Å². The summed E-state index contributed by atoms with van der Waals surface area (Å²) in [6, 6.07) is 0. The summed E-state index contributed by atoms with van der Waals surface area (Å²) in [5.74, 6) is -1.000. The minimum atomic E-state index is -1.51. The Bertz CT molecular complexity index is 91.0. The fourth-order valence-electron chi connectivity index (χ4n) is 0.212. The Hall–Kier alpha value is -0.650. The van der Waals surface area contributed by atoms with E-state index in [2.05, 4.69) is 9.78 Å². The fourth-order valence-corrected chi connectivity index (χ4v) is 0.212. The van der Waals surface area contributed by atoms with Gasteiger partial charge in [0.05, 0.1) is 13.7 Å². The first kappa shape index (κ1) is 8.35. The second kappa shape index (κ2) is 4.25. The molecule has 5 nitrogen and oxygen atoms in total. The summed E-state index contributed by atoms with van der Waals surface area (Å²) in [6.45, 7) is -0.664. The quantitative estimate of drug-likeness (QED) is 0.362. The molecule has 2 N–H and O–H groups in total. The van der Waals surface area contributed by atoms with Gasteiger partial charge in [0, 0.05) is 0 Å². The molecule has 0 amide bonds. The SMILES string of the molecule is COOC(=O)C(O)CO. The van der Waals surface area contributed by atoms with Crippen LogP contribution in [0.5, 0.6) is 0 Å². The van der Waals surface area contributed by atoms with Crippen molar-refractivity contribution < 1.29 is 24.8 Å². The standard InChI is InChI=1S/C4H8O5/c1-8-9-4(7)3(6)2-5/h3,5-6H,2H2,1H3. The van der Waals surface area contributed by atoms with Crippen molar-refractivity contribution >= 4 is 5.97 Å². The molecule has 0 aliphatic carbocycles. The monoisotopic (exact) mass is 136 g/mol. The number of rotatable bonds is 3. The van der Waals surface area contributed by atoms with Crippen LogP contribution in [0.25, 0.3) is 0 Å². The highest BCUT2D eigenvalue weighted by molar-refractivity contribution is 5.73. The molecule has 0 aromatic heterocycles. The van der Waals surface area contributed by atoms with Crippen molar-refractivity contribution in [2.24, 2.45) is 0 Å². The van der Waals surface area contributed by atoms with E-state index >= 15 is 0 Å². The lowest BCUT2D eigenvalue weighted by Gasteiger charge is -2.02. The molecule has 0 bridgehead atoms. The zero-order chi connectivity index (χ0) is 7.28. The van der Waals surface area contributed by atoms with Gasteiger partial charge in [-0.2, -0.15) is 4.89 Å². The van der Waals surface area contributed by atoms with Crippen LogP contribution in [-0.4, -0.2) is 36.0 Å². The van der Waals surface area contributed by atoms with Gasteiger partial charge in [-0.1, -0.05) is 0 Å². The first-order valence-electron chi connectivity index (χ1n) is 2.25. The van der Waals surface area contributed by atoms with Crippen molar-refractivity contribution in [3.63, 3.8) is 0 Å². The van der Waals surface area contributed by atoms with E-state index in [9.17, 15) is 4.79 Å². The summed E-state index contributed by atoms with van der Waals surface area (Å²) in [4.78, 5) is 18.0. The summed E-state index contributed by atoms with van der Waals surface area (Å²) in [5, 5.41) is 16.6. The van der Waals surface area contributed by atoms with Gasteiger partial charge in [-0.15, -0.1) is 0 Å². The molecule has 0 aromatic rings. The average Bonchev–Trinajstić information content (AvgIpc) is 1.87. The third-order valence-corrected chi connectivity index (χ3v) is 0.610. The molecular weight excluding hydrogens is 128 g/mol. The van der Waals surface area contributed by atoms with E-state index in [0.29, 0.717) is 0 Å². The number of carbonyl (C=O) groups is 1. The molecule has 0 rings (SSSR count). The molecule has 1 unspecified atom stereocenters. The van der Waals surface area contributed by atoms with Crippen molar-refractivity contribution in [1.29, 1.82) is 0 Å². The molecule has 0 saturated carbocycles.